The first kappa shape index (κ1) is 45.9. The molecule has 0 aliphatic heterocycles. The van der Waals surface area contributed by atoms with E-state index in [0.29, 0.717) is 33.5 Å². The Bertz CT molecular complexity index is 3070. The molecule has 66 heavy (non-hydrogen) atoms. The predicted molar refractivity (Wildman–Crippen MR) is 262 cm³/mol. The van der Waals surface area contributed by atoms with Crippen LogP contribution in [-0.2, 0) is 12.8 Å². The van der Waals surface area contributed by atoms with Crippen molar-refractivity contribution in [1.82, 2.24) is 15.0 Å². The number of hydrogen-bond donors (Lipinski definition) is 6. The third kappa shape index (κ3) is 11.7. The van der Waals surface area contributed by atoms with Gasteiger partial charge in [-0.05, 0) is 113 Å². The number of fused-ring (bicyclic) bond motifs is 2. The molecular formula is C53H47ClN6O6. The number of para-hydroxylation sites is 1. The van der Waals surface area contributed by atoms with Crippen LogP contribution in [0.3, 0.4) is 0 Å². The summed E-state index contributed by atoms with van der Waals surface area (Å²) in [6.07, 6.45) is 9.56. The number of carboxylic acids is 3. The van der Waals surface area contributed by atoms with E-state index in [0.717, 1.165) is 57.4 Å². The van der Waals surface area contributed by atoms with Crippen LogP contribution < -0.4 is 16.0 Å². The number of anilines is 6. The first-order chi connectivity index (χ1) is 31.8. The van der Waals surface area contributed by atoms with E-state index in [9.17, 15) is 29.7 Å². The molecule has 13 heteroatoms. The van der Waals surface area contributed by atoms with Crippen LogP contribution in [0.1, 0.15) is 71.9 Å². The van der Waals surface area contributed by atoms with Gasteiger partial charge in [-0.25, -0.2) is 14.4 Å². The standard InChI is InChI=1S/C19H15ClN2O2.C17H18N2O2.C17H14N2O2/c1-12-7-8-16(15(9-12)19(23)24)22-17-10-14(20)11-21-18(17)13-5-3-2-4-6-13;2*1-11-6-7-16(14(8-11)17(20)21)19-13-9-12-4-2-3-5-15(12)18-10-13/h2-11,22H,1H3,(H,23,24);6-10,19H,2-5H2,1H3,(H,20,21);2-10,19H,1H3,(H,20,21). The Balaban J connectivity index is 0.000000148. The van der Waals surface area contributed by atoms with Crippen molar-refractivity contribution in [3.63, 3.8) is 0 Å². The minimum atomic E-state index is -0.988. The molecule has 3 heterocycles. The van der Waals surface area contributed by atoms with Gasteiger partial charge in [0.1, 0.15) is 0 Å². The Kier molecular flexibility index (Phi) is 14.7. The summed E-state index contributed by atoms with van der Waals surface area (Å²) in [4.78, 5) is 47.4. The Labute approximate surface area is 387 Å². The van der Waals surface area contributed by atoms with Gasteiger partial charge in [0.25, 0.3) is 0 Å². The minimum Gasteiger partial charge on any atom is -0.478 e. The average molecular weight is 899 g/mol. The van der Waals surface area contributed by atoms with Crippen LogP contribution in [0.15, 0.2) is 146 Å². The topological polar surface area (TPSA) is 187 Å². The van der Waals surface area contributed by atoms with Crippen LogP contribution in [0.25, 0.3) is 22.2 Å². The van der Waals surface area contributed by atoms with E-state index in [1.54, 1.807) is 61.1 Å². The van der Waals surface area contributed by atoms with Gasteiger partial charge < -0.3 is 31.3 Å². The molecule has 0 saturated heterocycles. The number of pyridine rings is 3. The van der Waals surface area contributed by atoms with E-state index in [4.69, 9.17) is 11.6 Å². The van der Waals surface area contributed by atoms with Crippen molar-refractivity contribution >= 4 is 74.5 Å². The van der Waals surface area contributed by atoms with E-state index in [-0.39, 0.29) is 16.7 Å². The maximum Gasteiger partial charge on any atom is 0.337 e. The molecule has 0 spiro atoms. The summed E-state index contributed by atoms with van der Waals surface area (Å²) in [6.45, 7) is 5.61. The summed E-state index contributed by atoms with van der Waals surface area (Å²) in [7, 11) is 0. The maximum atomic E-state index is 11.5. The van der Waals surface area contributed by atoms with E-state index >= 15 is 0 Å². The predicted octanol–water partition coefficient (Wildman–Crippen LogP) is 12.8. The second-order valence-electron chi connectivity index (χ2n) is 15.8. The average Bonchev–Trinajstić information content (AvgIpc) is 3.31. The first-order valence-electron chi connectivity index (χ1n) is 21.2. The molecule has 0 fully saturated rings. The van der Waals surface area contributed by atoms with E-state index in [1.807, 2.05) is 99.6 Å². The van der Waals surface area contributed by atoms with Gasteiger partial charge in [-0.1, -0.05) is 95.0 Å². The van der Waals surface area contributed by atoms with Crippen molar-refractivity contribution in [3.8, 4) is 11.3 Å². The van der Waals surface area contributed by atoms with Crippen molar-refractivity contribution in [2.24, 2.45) is 0 Å². The van der Waals surface area contributed by atoms with Crippen LogP contribution in [0, 0.1) is 20.8 Å². The highest BCUT2D eigenvalue weighted by atomic mass is 35.5. The Morgan fingerprint density at radius 3 is 1.62 bits per heavy atom. The quantitative estimate of drug-likeness (QED) is 0.0764. The zero-order chi connectivity index (χ0) is 46.7. The zero-order valence-electron chi connectivity index (χ0n) is 36.5. The molecule has 9 rings (SSSR count). The number of aromatic carboxylic acids is 3. The fourth-order valence-corrected chi connectivity index (χ4v) is 7.60. The number of aromatic nitrogens is 3. The molecule has 0 bridgehead atoms. The molecule has 8 aromatic rings. The number of benzene rings is 5. The zero-order valence-corrected chi connectivity index (χ0v) is 37.2. The highest BCUT2D eigenvalue weighted by Crippen LogP contribution is 2.33. The van der Waals surface area contributed by atoms with Crippen molar-refractivity contribution < 1.29 is 29.7 Å². The Morgan fingerprint density at radius 1 is 0.515 bits per heavy atom. The molecule has 0 saturated carbocycles. The Hall–Kier alpha value is -8.09. The third-order valence-electron chi connectivity index (χ3n) is 10.7. The van der Waals surface area contributed by atoms with Gasteiger partial charge in [0.2, 0.25) is 0 Å². The Morgan fingerprint density at radius 2 is 1.03 bits per heavy atom. The monoisotopic (exact) mass is 898 g/mol. The van der Waals surface area contributed by atoms with Gasteiger partial charge in [-0.2, -0.15) is 0 Å². The fourth-order valence-electron chi connectivity index (χ4n) is 7.44. The van der Waals surface area contributed by atoms with E-state index < -0.39 is 17.9 Å². The maximum absolute atomic E-state index is 11.5. The molecule has 332 valence electrons. The van der Waals surface area contributed by atoms with Gasteiger partial charge >= 0.3 is 17.9 Å². The smallest absolute Gasteiger partial charge is 0.337 e. The molecule has 1 aliphatic carbocycles. The molecule has 5 aromatic carbocycles. The molecule has 1 aliphatic rings. The molecule has 0 radical (unpaired) electrons. The van der Waals surface area contributed by atoms with Crippen molar-refractivity contribution in [3.05, 3.63) is 196 Å². The van der Waals surface area contributed by atoms with E-state index in [1.165, 1.54) is 24.1 Å². The summed E-state index contributed by atoms with van der Waals surface area (Å²) < 4.78 is 0. The number of rotatable bonds is 10. The summed E-state index contributed by atoms with van der Waals surface area (Å²) in [5.41, 5.74) is 12.4. The lowest BCUT2D eigenvalue weighted by Gasteiger charge is -2.16. The van der Waals surface area contributed by atoms with Crippen LogP contribution in [0.5, 0.6) is 0 Å². The highest BCUT2D eigenvalue weighted by Gasteiger charge is 2.16. The molecule has 6 N–H and O–H groups in total. The second-order valence-corrected chi connectivity index (χ2v) is 16.2. The molecule has 0 atom stereocenters. The van der Waals surface area contributed by atoms with Gasteiger partial charge in [-0.15, -0.1) is 0 Å². The van der Waals surface area contributed by atoms with Gasteiger partial charge in [0.05, 0.1) is 79.4 Å². The largest absolute Gasteiger partial charge is 0.478 e. The lowest BCUT2D eigenvalue weighted by atomic mass is 9.96. The lowest BCUT2D eigenvalue weighted by molar-refractivity contribution is 0.0687. The van der Waals surface area contributed by atoms with Gasteiger partial charge in [-0.3, -0.25) is 15.0 Å². The number of nitrogens with one attached hydrogen (secondary N) is 3. The summed E-state index contributed by atoms with van der Waals surface area (Å²) in [5, 5.41) is 39.0. The van der Waals surface area contributed by atoms with Crippen LogP contribution >= 0.6 is 11.6 Å². The molecule has 0 amide bonds. The number of hydrogen-bond acceptors (Lipinski definition) is 9. The van der Waals surface area contributed by atoms with Gasteiger partial charge in [0.15, 0.2) is 0 Å². The van der Waals surface area contributed by atoms with Crippen LogP contribution in [-0.4, -0.2) is 48.2 Å². The fraction of sp³-hybridized carbons (Fsp3) is 0.132. The number of halogens is 1. The van der Waals surface area contributed by atoms with E-state index in [2.05, 4.69) is 37.0 Å². The first-order valence-corrected chi connectivity index (χ1v) is 21.6. The van der Waals surface area contributed by atoms with Crippen LogP contribution in [0.4, 0.5) is 34.1 Å². The normalized spacial score (nSPS) is 11.5. The molecule has 12 nitrogen and oxygen atoms in total. The van der Waals surface area contributed by atoms with Crippen molar-refractivity contribution in [2.45, 2.75) is 46.5 Å². The molecule has 0 unspecified atom stereocenters. The molecule has 3 aromatic heterocycles. The lowest BCUT2D eigenvalue weighted by Crippen LogP contribution is -2.07. The second kappa shape index (κ2) is 21.1. The van der Waals surface area contributed by atoms with Crippen LogP contribution in [0.2, 0.25) is 5.02 Å². The third-order valence-corrected chi connectivity index (χ3v) is 10.9. The number of aryl methyl sites for hydroxylation is 5. The summed E-state index contributed by atoms with van der Waals surface area (Å²) in [6, 6.07) is 39.1. The minimum absolute atomic E-state index is 0.203. The van der Waals surface area contributed by atoms with Crippen molar-refractivity contribution in [2.75, 3.05) is 16.0 Å². The van der Waals surface area contributed by atoms with Gasteiger partial charge in [0, 0.05) is 22.8 Å². The number of nitrogens with zero attached hydrogens (tertiary/aromatic N) is 3. The molecular weight excluding hydrogens is 852 g/mol. The van der Waals surface area contributed by atoms with Crippen molar-refractivity contribution in [1.29, 1.82) is 0 Å². The highest BCUT2D eigenvalue weighted by molar-refractivity contribution is 6.30. The summed E-state index contributed by atoms with van der Waals surface area (Å²) in [5.74, 6) is -2.86. The number of carbonyl (C=O) groups is 3. The number of carboxylic acid groups (broad SMARTS) is 3. The summed E-state index contributed by atoms with van der Waals surface area (Å²) >= 11 is 6.08. The SMILES string of the molecule is Cc1ccc(Nc2cc(Cl)cnc2-c2ccccc2)c(C(=O)O)c1.Cc1ccc(Nc2cnc3c(c2)CCCC3)c(C(=O)O)c1.Cc1ccc(Nc2cnc3ccccc3c2)c(C(=O)O)c1.